The largest absolute Gasteiger partial charge is 0.455 e. The minimum Gasteiger partial charge on any atom is -0.455 e. The molecule has 258 valence electrons. The molecule has 2 nitrogen and oxygen atoms in total. The Balaban J connectivity index is 1.10. The SMILES string of the molecule is c1ccc(-c2cccc3c2sc2c(N(c4ccc(-c5ccc6ccccc6c5)cc4)c4cccc(-c5cccc6c5oc5ccccc56)c4)cccc23)cc1. The third-order valence-electron chi connectivity index (χ3n) is 10.9. The summed E-state index contributed by atoms with van der Waals surface area (Å²) >= 11 is 1.88. The van der Waals surface area contributed by atoms with Crippen LogP contribution in [0.5, 0.6) is 0 Å². The Labute approximate surface area is 322 Å². The normalized spacial score (nSPS) is 11.6. The van der Waals surface area contributed by atoms with Crippen molar-refractivity contribution in [2.75, 3.05) is 4.90 Å². The van der Waals surface area contributed by atoms with Crippen molar-refractivity contribution in [1.82, 2.24) is 0 Å². The van der Waals surface area contributed by atoms with E-state index >= 15 is 0 Å². The van der Waals surface area contributed by atoms with Gasteiger partial charge in [-0.05, 0) is 81.1 Å². The Morgan fingerprint density at radius 1 is 0.364 bits per heavy atom. The maximum absolute atomic E-state index is 6.52. The van der Waals surface area contributed by atoms with Crippen LogP contribution in [-0.2, 0) is 0 Å². The van der Waals surface area contributed by atoms with Gasteiger partial charge < -0.3 is 9.32 Å². The van der Waals surface area contributed by atoms with Crippen LogP contribution < -0.4 is 4.90 Å². The van der Waals surface area contributed by atoms with Gasteiger partial charge in [0.2, 0.25) is 0 Å². The highest BCUT2D eigenvalue weighted by Gasteiger charge is 2.21. The topological polar surface area (TPSA) is 16.4 Å². The molecule has 0 atom stereocenters. The van der Waals surface area contributed by atoms with Crippen molar-refractivity contribution >= 4 is 81.3 Å². The average molecular weight is 720 g/mol. The highest BCUT2D eigenvalue weighted by Crippen LogP contribution is 2.48. The van der Waals surface area contributed by atoms with E-state index in [1.54, 1.807) is 0 Å². The zero-order valence-electron chi connectivity index (χ0n) is 29.8. The lowest BCUT2D eigenvalue weighted by Gasteiger charge is -2.27. The lowest BCUT2D eigenvalue weighted by atomic mass is 10.00. The number of furan rings is 1. The second-order valence-electron chi connectivity index (χ2n) is 14.1. The first kappa shape index (κ1) is 31.6. The van der Waals surface area contributed by atoms with E-state index in [0.717, 1.165) is 50.1 Å². The van der Waals surface area contributed by atoms with Gasteiger partial charge in [0.1, 0.15) is 11.2 Å². The quantitative estimate of drug-likeness (QED) is 0.170. The first-order chi connectivity index (χ1) is 27.3. The van der Waals surface area contributed by atoms with E-state index < -0.39 is 0 Å². The smallest absolute Gasteiger partial charge is 0.143 e. The van der Waals surface area contributed by atoms with Crippen molar-refractivity contribution < 1.29 is 4.42 Å². The van der Waals surface area contributed by atoms with E-state index in [-0.39, 0.29) is 0 Å². The Kier molecular flexibility index (Phi) is 7.39. The molecule has 2 aromatic heterocycles. The van der Waals surface area contributed by atoms with Gasteiger partial charge in [-0.2, -0.15) is 0 Å². The van der Waals surface area contributed by atoms with Crippen LogP contribution in [0.1, 0.15) is 0 Å². The third kappa shape index (κ3) is 5.32. The van der Waals surface area contributed by atoms with E-state index in [9.17, 15) is 0 Å². The summed E-state index contributed by atoms with van der Waals surface area (Å²) in [5.74, 6) is 0. The molecule has 2 heterocycles. The van der Waals surface area contributed by atoms with Crippen molar-refractivity contribution in [3.05, 3.63) is 200 Å². The molecule has 11 rings (SSSR count). The molecule has 0 saturated carbocycles. The zero-order chi connectivity index (χ0) is 36.3. The van der Waals surface area contributed by atoms with Gasteiger partial charge in [0.05, 0.1) is 10.4 Å². The van der Waals surface area contributed by atoms with Crippen molar-refractivity contribution in [3.63, 3.8) is 0 Å². The summed E-state index contributed by atoms with van der Waals surface area (Å²) in [5.41, 5.74) is 12.2. The molecule has 0 spiro atoms. The van der Waals surface area contributed by atoms with Crippen molar-refractivity contribution in [2.45, 2.75) is 0 Å². The van der Waals surface area contributed by atoms with E-state index in [1.807, 2.05) is 23.5 Å². The number of rotatable bonds is 6. The monoisotopic (exact) mass is 719 g/mol. The summed E-state index contributed by atoms with van der Waals surface area (Å²) in [4.78, 5) is 2.42. The van der Waals surface area contributed by atoms with Gasteiger partial charge in [-0.25, -0.2) is 0 Å². The predicted molar refractivity (Wildman–Crippen MR) is 235 cm³/mol. The minimum absolute atomic E-state index is 0.903. The Morgan fingerprint density at radius 2 is 1.02 bits per heavy atom. The lowest BCUT2D eigenvalue weighted by molar-refractivity contribution is 0.670. The highest BCUT2D eigenvalue weighted by atomic mass is 32.1. The second-order valence-corrected chi connectivity index (χ2v) is 15.1. The number of thiophene rings is 1. The minimum atomic E-state index is 0.903. The molecule has 0 bridgehead atoms. The highest BCUT2D eigenvalue weighted by molar-refractivity contribution is 7.27. The summed E-state index contributed by atoms with van der Waals surface area (Å²) < 4.78 is 9.07. The molecule has 55 heavy (non-hydrogen) atoms. The van der Waals surface area contributed by atoms with Crippen LogP contribution in [0.25, 0.3) is 86.3 Å². The van der Waals surface area contributed by atoms with Crippen molar-refractivity contribution in [2.24, 2.45) is 0 Å². The number of nitrogens with zero attached hydrogens (tertiary/aromatic N) is 1. The molecule has 3 heteroatoms. The first-order valence-corrected chi connectivity index (χ1v) is 19.5. The number of para-hydroxylation sites is 2. The second kappa shape index (κ2) is 12.9. The molecule has 0 unspecified atom stereocenters. The summed E-state index contributed by atoms with van der Waals surface area (Å²) in [5, 5.41) is 7.29. The molecule has 0 aliphatic heterocycles. The first-order valence-electron chi connectivity index (χ1n) is 18.7. The number of anilines is 3. The van der Waals surface area contributed by atoms with Crippen LogP contribution in [-0.4, -0.2) is 0 Å². The molecule has 0 saturated heterocycles. The van der Waals surface area contributed by atoms with E-state index in [0.29, 0.717) is 0 Å². The summed E-state index contributed by atoms with van der Waals surface area (Å²) in [6, 6.07) is 72.1. The Bertz CT molecular complexity index is 3210. The third-order valence-corrected chi connectivity index (χ3v) is 12.1. The fraction of sp³-hybridized carbons (Fsp3) is 0. The summed E-state index contributed by atoms with van der Waals surface area (Å²) in [6.45, 7) is 0. The molecular formula is C52H33NOS. The number of fused-ring (bicyclic) bond motifs is 7. The number of hydrogen-bond acceptors (Lipinski definition) is 3. The van der Waals surface area contributed by atoms with Crippen molar-refractivity contribution in [3.8, 4) is 33.4 Å². The zero-order valence-corrected chi connectivity index (χ0v) is 30.6. The Hall–Kier alpha value is -6.94. The molecule has 0 aliphatic rings. The van der Waals surface area contributed by atoms with Crippen molar-refractivity contribution in [1.29, 1.82) is 0 Å². The van der Waals surface area contributed by atoms with Crippen LogP contribution in [0, 0.1) is 0 Å². The molecule has 0 aliphatic carbocycles. The standard InChI is InChI=1S/C52H33NOS/c1-2-13-36(14-3-1)43-20-10-22-46-47-23-11-24-48(52(47)55-51(43)46)53(40-30-28-35(29-31-40)38-27-26-34-12-4-5-15-37(34)32-38)41-17-8-16-39(33-41)42-19-9-21-45-44-18-6-7-25-49(44)54-50(42)45/h1-33H. The van der Waals surface area contributed by atoms with Crippen LogP contribution in [0.3, 0.4) is 0 Å². The van der Waals surface area contributed by atoms with Gasteiger partial charge >= 0.3 is 0 Å². The van der Waals surface area contributed by atoms with E-state index in [2.05, 4.69) is 193 Å². The fourth-order valence-corrected chi connectivity index (χ4v) is 9.55. The maximum Gasteiger partial charge on any atom is 0.143 e. The van der Waals surface area contributed by atoms with Crippen LogP contribution in [0.4, 0.5) is 17.1 Å². The van der Waals surface area contributed by atoms with Crippen LogP contribution in [0.15, 0.2) is 205 Å². The Morgan fingerprint density at radius 3 is 1.89 bits per heavy atom. The molecule has 0 fully saturated rings. The predicted octanol–water partition coefficient (Wildman–Crippen LogP) is 15.6. The van der Waals surface area contributed by atoms with E-state index in [4.69, 9.17) is 4.42 Å². The maximum atomic E-state index is 6.52. The summed E-state index contributed by atoms with van der Waals surface area (Å²) in [6.07, 6.45) is 0. The fourth-order valence-electron chi connectivity index (χ4n) is 8.21. The van der Waals surface area contributed by atoms with Gasteiger partial charge in [-0.3, -0.25) is 0 Å². The van der Waals surface area contributed by atoms with Gasteiger partial charge in [0.25, 0.3) is 0 Å². The van der Waals surface area contributed by atoms with Crippen LogP contribution in [0.2, 0.25) is 0 Å². The van der Waals surface area contributed by atoms with Gasteiger partial charge in [-0.15, -0.1) is 11.3 Å². The molecular weight excluding hydrogens is 687 g/mol. The molecule has 0 radical (unpaired) electrons. The van der Waals surface area contributed by atoms with Gasteiger partial charge in [-0.1, -0.05) is 158 Å². The number of hydrogen-bond donors (Lipinski definition) is 0. The van der Waals surface area contributed by atoms with E-state index in [1.165, 1.54) is 53.2 Å². The van der Waals surface area contributed by atoms with Gasteiger partial charge in [0, 0.05) is 43.2 Å². The van der Waals surface area contributed by atoms with Crippen LogP contribution >= 0.6 is 11.3 Å². The number of benzene rings is 9. The van der Waals surface area contributed by atoms with Gasteiger partial charge in [0.15, 0.2) is 0 Å². The molecule has 0 amide bonds. The molecule has 11 aromatic rings. The lowest BCUT2D eigenvalue weighted by Crippen LogP contribution is -2.10. The molecule has 0 N–H and O–H groups in total. The molecule has 9 aromatic carbocycles. The average Bonchev–Trinajstić information content (AvgIpc) is 3.84. The summed E-state index contributed by atoms with van der Waals surface area (Å²) in [7, 11) is 0.